The van der Waals surface area contributed by atoms with Crippen molar-refractivity contribution in [1.82, 2.24) is 5.32 Å². The van der Waals surface area contributed by atoms with Crippen LogP contribution in [-0.4, -0.2) is 17.8 Å². The van der Waals surface area contributed by atoms with Gasteiger partial charge in [0, 0.05) is 6.04 Å². The summed E-state index contributed by atoms with van der Waals surface area (Å²) in [6, 6.07) is 15.4. The first-order valence-corrected chi connectivity index (χ1v) is 8.09. The van der Waals surface area contributed by atoms with E-state index in [2.05, 4.69) is 54.7 Å². The summed E-state index contributed by atoms with van der Waals surface area (Å²) in [4.78, 5) is 0. The van der Waals surface area contributed by atoms with Crippen LogP contribution in [0.25, 0.3) is 10.8 Å². The molecule has 2 N–H and O–H groups in total. The highest BCUT2D eigenvalue weighted by Gasteiger charge is 2.29. The minimum absolute atomic E-state index is 0.127. The molecule has 0 heterocycles. The maximum Gasteiger partial charge on any atom is 0.0652 e. The SMILES string of the molecule is CC(CO)(NC1CCCCC1)c1ccc2ccccc2c1. The first-order valence-electron chi connectivity index (χ1n) is 8.09. The van der Waals surface area contributed by atoms with Gasteiger partial charge in [-0.3, -0.25) is 0 Å². The fourth-order valence-corrected chi connectivity index (χ4v) is 3.45. The van der Waals surface area contributed by atoms with Crippen molar-refractivity contribution in [3.05, 3.63) is 48.0 Å². The highest BCUT2D eigenvalue weighted by Crippen LogP contribution is 2.28. The largest absolute Gasteiger partial charge is 0.394 e. The van der Waals surface area contributed by atoms with Crippen LogP contribution in [-0.2, 0) is 5.54 Å². The van der Waals surface area contributed by atoms with E-state index in [0.717, 1.165) is 0 Å². The summed E-state index contributed by atoms with van der Waals surface area (Å²) in [6.45, 7) is 2.24. The van der Waals surface area contributed by atoms with Gasteiger partial charge in [0.05, 0.1) is 12.1 Å². The predicted octanol–water partition coefficient (Wildman–Crippen LogP) is 3.97. The Bertz CT molecular complexity index is 603. The van der Waals surface area contributed by atoms with Crippen molar-refractivity contribution in [3.63, 3.8) is 0 Å². The average Bonchev–Trinajstić information content (AvgIpc) is 2.55. The zero-order chi connectivity index (χ0) is 14.7. The summed E-state index contributed by atoms with van der Waals surface area (Å²) in [5.74, 6) is 0. The Morgan fingerprint density at radius 2 is 1.76 bits per heavy atom. The minimum atomic E-state index is -0.355. The van der Waals surface area contributed by atoms with Gasteiger partial charge in [0.15, 0.2) is 0 Å². The Kier molecular flexibility index (Phi) is 4.27. The molecule has 2 heteroatoms. The van der Waals surface area contributed by atoms with Gasteiger partial charge in [-0.1, -0.05) is 55.7 Å². The third-order valence-corrected chi connectivity index (χ3v) is 4.83. The molecule has 0 saturated heterocycles. The van der Waals surface area contributed by atoms with Gasteiger partial charge in [0.25, 0.3) is 0 Å². The molecule has 3 rings (SSSR count). The van der Waals surface area contributed by atoms with Crippen LogP contribution in [0.15, 0.2) is 42.5 Å². The van der Waals surface area contributed by atoms with Crippen LogP contribution in [0, 0.1) is 0 Å². The molecule has 0 amide bonds. The predicted molar refractivity (Wildman–Crippen MR) is 88.4 cm³/mol. The van der Waals surface area contributed by atoms with Crippen molar-refractivity contribution in [1.29, 1.82) is 0 Å². The summed E-state index contributed by atoms with van der Waals surface area (Å²) >= 11 is 0. The summed E-state index contributed by atoms with van der Waals surface area (Å²) in [5.41, 5.74) is 0.820. The number of aliphatic hydroxyl groups excluding tert-OH is 1. The number of rotatable bonds is 4. The molecule has 21 heavy (non-hydrogen) atoms. The van der Waals surface area contributed by atoms with Crippen molar-refractivity contribution < 1.29 is 5.11 Å². The van der Waals surface area contributed by atoms with E-state index in [-0.39, 0.29) is 12.1 Å². The first kappa shape index (κ1) is 14.6. The van der Waals surface area contributed by atoms with Crippen molar-refractivity contribution in [2.45, 2.75) is 50.6 Å². The summed E-state index contributed by atoms with van der Waals surface area (Å²) < 4.78 is 0. The van der Waals surface area contributed by atoms with E-state index in [9.17, 15) is 5.11 Å². The van der Waals surface area contributed by atoms with Crippen molar-refractivity contribution in [3.8, 4) is 0 Å². The van der Waals surface area contributed by atoms with Gasteiger partial charge in [0.1, 0.15) is 0 Å². The number of fused-ring (bicyclic) bond motifs is 1. The molecule has 2 aromatic carbocycles. The molecule has 1 saturated carbocycles. The van der Waals surface area contributed by atoms with Gasteiger partial charge in [-0.25, -0.2) is 0 Å². The molecular weight excluding hydrogens is 258 g/mol. The molecule has 1 aliphatic rings. The highest BCUT2D eigenvalue weighted by atomic mass is 16.3. The van der Waals surface area contributed by atoms with Gasteiger partial charge in [-0.15, -0.1) is 0 Å². The molecular formula is C19H25NO. The van der Waals surface area contributed by atoms with E-state index in [0.29, 0.717) is 6.04 Å². The zero-order valence-corrected chi connectivity index (χ0v) is 12.8. The molecule has 0 aromatic heterocycles. The smallest absolute Gasteiger partial charge is 0.0652 e. The van der Waals surface area contributed by atoms with E-state index >= 15 is 0 Å². The van der Waals surface area contributed by atoms with Crippen molar-refractivity contribution >= 4 is 10.8 Å². The molecule has 1 aliphatic carbocycles. The molecule has 0 bridgehead atoms. The van der Waals surface area contributed by atoms with Gasteiger partial charge >= 0.3 is 0 Å². The van der Waals surface area contributed by atoms with Gasteiger partial charge in [0.2, 0.25) is 0 Å². The van der Waals surface area contributed by atoms with Crippen LogP contribution < -0.4 is 5.32 Å². The van der Waals surface area contributed by atoms with Crippen LogP contribution >= 0.6 is 0 Å². The Morgan fingerprint density at radius 3 is 2.48 bits per heavy atom. The van der Waals surface area contributed by atoms with Crippen LogP contribution in [0.1, 0.15) is 44.6 Å². The Labute approximate surface area is 127 Å². The average molecular weight is 283 g/mol. The molecule has 2 nitrogen and oxygen atoms in total. The molecule has 112 valence electrons. The minimum Gasteiger partial charge on any atom is -0.394 e. The monoisotopic (exact) mass is 283 g/mol. The zero-order valence-electron chi connectivity index (χ0n) is 12.8. The molecule has 0 aliphatic heterocycles. The Morgan fingerprint density at radius 1 is 1.05 bits per heavy atom. The number of hydrogen-bond acceptors (Lipinski definition) is 2. The van der Waals surface area contributed by atoms with E-state index in [1.165, 1.54) is 48.4 Å². The summed E-state index contributed by atoms with van der Waals surface area (Å²) in [7, 11) is 0. The topological polar surface area (TPSA) is 32.3 Å². The van der Waals surface area contributed by atoms with Gasteiger partial charge < -0.3 is 10.4 Å². The van der Waals surface area contributed by atoms with Crippen LogP contribution in [0.4, 0.5) is 0 Å². The lowest BCUT2D eigenvalue weighted by Gasteiger charge is -2.36. The van der Waals surface area contributed by atoms with E-state index in [4.69, 9.17) is 0 Å². The van der Waals surface area contributed by atoms with Crippen LogP contribution in [0.2, 0.25) is 0 Å². The van der Waals surface area contributed by atoms with Crippen molar-refractivity contribution in [2.24, 2.45) is 0 Å². The van der Waals surface area contributed by atoms with Crippen molar-refractivity contribution in [2.75, 3.05) is 6.61 Å². The second kappa shape index (κ2) is 6.17. The van der Waals surface area contributed by atoms with E-state index < -0.39 is 0 Å². The Hall–Kier alpha value is -1.38. The number of aliphatic hydroxyl groups is 1. The summed E-state index contributed by atoms with van der Waals surface area (Å²) in [6.07, 6.45) is 6.41. The lowest BCUT2D eigenvalue weighted by molar-refractivity contribution is 0.151. The molecule has 1 unspecified atom stereocenters. The lowest BCUT2D eigenvalue weighted by Crippen LogP contribution is -2.49. The van der Waals surface area contributed by atoms with E-state index in [1.807, 2.05) is 0 Å². The number of benzene rings is 2. The van der Waals surface area contributed by atoms with Gasteiger partial charge in [-0.05, 0) is 42.2 Å². The number of nitrogens with one attached hydrogen (secondary N) is 1. The maximum atomic E-state index is 9.98. The molecule has 1 atom stereocenters. The third kappa shape index (κ3) is 3.12. The first-order chi connectivity index (χ1) is 10.2. The summed E-state index contributed by atoms with van der Waals surface area (Å²) in [5, 5.41) is 16.2. The lowest BCUT2D eigenvalue weighted by atomic mass is 9.87. The maximum absolute atomic E-state index is 9.98. The second-order valence-corrected chi connectivity index (χ2v) is 6.53. The molecule has 0 spiro atoms. The van der Waals surface area contributed by atoms with Crippen LogP contribution in [0.5, 0.6) is 0 Å². The van der Waals surface area contributed by atoms with E-state index in [1.54, 1.807) is 0 Å². The fourth-order valence-electron chi connectivity index (χ4n) is 3.45. The second-order valence-electron chi connectivity index (χ2n) is 6.53. The van der Waals surface area contributed by atoms with Crippen LogP contribution in [0.3, 0.4) is 0 Å². The third-order valence-electron chi connectivity index (χ3n) is 4.83. The molecule has 1 fully saturated rings. The quantitative estimate of drug-likeness (QED) is 0.890. The highest BCUT2D eigenvalue weighted by molar-refractivity contribution is 5.83. The fraction of sp³-hybridized carbons (Fsp3) is 0.474. The normalized spacial score (nSPS) is 19.5. The molecule has 2 aromatic rings. The van der Waals surface area contributed by atoms with Gasteiger partial charge in [-0.2, -0.15) is 0 Å². The standard InChI is InChI=1S/C19H25NO/c1-19(14-21,20-18-9-3-2-4-10-18)17-12-11-15-7-5-6-8-16(15)13-17/h5-8,11-13,18,20-21H,2-4,9-10,14H2,1H3. The molecule has 0 radical (unpaired) electrons. The Balaban J connectivity index is 1.88. The number of hydrogen-bond donors (Lipinski definition) is 2.